The average molecular weight is 213 g/mol. The van der Waals surface area contributed by atoms with E-state index in [9.17, 15) is 4.57 Å². The molecule has 0 unspecified atom stereocenters. The first-order valence-corrected chi connectivity index (χ1v) is 5.36. The van der Waals surface area contributed by atoms with Gasteiger partial charge in [-0.25, -0.2) is 13.9 Å². The molecule has 0 radical (unpaired) electrons. The first-order valence-electron chi connectivity index (χ1n) is 3.79. The van der Waals surface area contributed by atoms with Gasteiger partial charge in [-0.3, -0.25) is 0 Å². The zero-order valence-electron chi connectivity index (χ0n) is 7.03. The van der Waals surface area contributed by atoms with Crippen LogP contribution in [-0.4, -0.2) is 19.1 Å². The van der Waals surface area contributed by atoms with Crippen molar-refractivity contribution in [1.82, 2.24) is 9.32 Å². The van der Waals surface area contributed by atoms with Gasteiger partial charge < -0.3 is 15.5 Å². The van der Waals surface area contributed by atoms with Crippen molar-refractivity contribution in [2.24, 2.45) is 0 Å². The van der Waals surface area contributed by atoms with Crippen molar-refractivity contribution in [3.8, 4) is 0 Å². The van der Waals surface area contributed by atoms with Gasteiger partial charge >= 0.3 is 7.75 Å². The van der Waals surface area contributed by atoms with Gasteiger partial charge in [0.1, 0.15) is 0 Å². The molecule has 0 aliphatic heterocycles. The summed E-state index contributed by atoms with van der Waals surface area (Å²) in [5, 5.41) is 0. The number of imidazole rings is 1. The number of benzene rings is 1. The number of nitrogen functional groups attached to an aromatic ring is 1. The summed E-state index contributed by atoms with van der Waals surface area (Å²) in [6.45, 7) is 0. The van der Waals surface area contributed by atoms with Crippen molar-refractivity contribution in [3.05, 3.63) is 24.3 Å². The molecule has 0 saturated carbocycles. The van der Waals surface area contributed by atoms with E-state index >= 15 is 0 Å². The highest BCUT2D eigenvalue weighted by molar-refractivity contribution is 7.50. The second-order valence-electron chi connectivity index (χ2n) is 2.78. The molecular weight excluding hydrogens is 205 g/mol. The van der Waals surface area contributed by atoms with E-state index in [4.69, 9.17) is 15.5 Å². The molecular formula is C7H8N3O3P. The fraction of sp³-hybridized carbons (Fsp3) is 0. The molecule has 0 aliphatic carbocycles. The van der Waals surface area contributed by atoms with Gasteiger partial charge in [-0.15, -0.1) is 0 Å². The number of rotatable bonds is 1. The molecule has 4 N–H and O–H groups in total. The summed E-state index contributed by atoms with van der Waals surface area (Å²) in [5.41, 5.74) is 6.20. The molecule has 6 nitrogen and oxygen atoms in total. The van der Waals surface area contributed by atoms with Crippen LogP contribution in [0.2, 0.25) is 0 Å². The van der Waals surface area contributed by atoms with Crippen LogP contribution in [0.5, 0.6) is 0 Å². The minimum Gasteiger partial charge on any atom is -0.369 e. The van der Waals surface area contributed by atoms with Gasteiger partial charge in [0.05, 0.1) is 11.0 Å². The summed E-state index contributed by atoms with van der Waals surface area (Å²) in [7, 11) is -4.42. The molecule has 0 atom stereocenters. The van der Waals surface area contributed by atoms with Crippen molar-refractivity contribution in [3.63, 3.8) is 0 Å². The topological polar surface area (TPSA) is 101 Å². The molecule has 1 heterocycles. The van der Waals surface area contributed by atoms with E-state index in [1.54, 1.807) is 24.3 Å². The highest BCUT2D eigenvalue weighted by Crippen LogP contribution is 2.42. The Labute approximate surface area is 79.2 Å². The number of hydrogen-bond acceptors (Lipinski definition) is 3. The number of aromatic nitrogens is 2. The van der Waals surface area contributed by atoms with E-state index in [1.807, 2.05) is 0 Å². The zero-order valence-corrected chi connectivity index (χ0v) is 7.93. The Morgan fingerprint density at radius 2 is 2.00 bits per heavy atom. The molecule has 0 fully saturated rings. The van der Waals surface area contributed by atoms with E-state index in [0.29, 0.717) is 11.0 Å². The normalized spacial score (nSPS) is 12.1. The van der Waals surface area contributed by atoms with Gasteiger partial charge in [-0.2, -0.15) is 0 Å². The molecule has 0 amide bonds. The highest BCUT2D eigenvalue weighted by atomic mass is 31.2. The van der Waals surface area contributed by atoms with Crippen molar-refractivity contribution in [2.45, 2.75) is 0 Å². The van der Waals surface area contributed by atoms with E-state index in [2.05, 4.69) is 4.98 Å². The van der Waals surface area contributed by atoms with Gasteiger partial charge in [0.15, 0.2) is 0 Å². The SMILES string of the molecule is Nc1nc2ccccc2n1P(=O)(O)O. The van der Waals surface area contributed by atoms with Gasteiger partial charge in [0, 0.05) is 0 Å². The monoisotopic (exact) mass is 213 g/mol. The fourth-order valence-corrected chi connectivity index (χ4v) is 2.07. The maximum absolute atomic E-state index is 11.1. The lowest BCUT2D eigenvalue weighted by atomic mass is 10.3. The predicted molar refractivity (Wildman–Crippen MR) is 51.6 cm³/mol. The third-order valence-corrected chi connectivity index (χ3v) is 2.76. The molecule has 1 aromatic heterocycles. The van der Waals surface area contributed by atoms with Gasteiger partial charge in [0.25, 0.3) is 0 Å². The molecule has 2 aromatic rings. The summed E-state index contributed by atoms with van der Waals surface area (Å²) in [5.74, 6) is -0.181. The Hall–Kier alpha value is -1.36. The lowest BCUT2D eigenvalue weighted by molar-refractivity contribution is 0.364. The summed E-state index contributed by atoms with van der Waals surface area (Å²) < 4.78 is 11.8. The predicted octanol–water partition coefficient (Wildman–Crippen LogP) is 0.559. The molecule has 74 valence electrons. The van der Waals surface area contributed by atoms with Crippen LogP contribution in [0.3, 0.4) is 0 Å². The number of anilines is 1. The van der Waals surface area contributed by atoms with E-state index in [0.717, 1.165) is 4.34 Å². The first-order chi connectivity index (χ1) is 6.50. The van der Waals surface area contributed by atoms with Crippen molar-refractivity contribution in [1.29, 1.82) is 0 Å². The Morgan fingerprint density at radius 1 is 1.36 bits per heavy atom. The second-order valence-corrected chi connectivity index (χ2v) is 4.21. The van der Waals surface area contributed by atoms with Crippen LogP contribution in [0.1, 0.15) is 0 Å². The Bertz CT molecular complexity index is 530. The van der Waals surface area contributed by atoms with E-state index in [1.165, 1.54) is 0 Å². The molecule has 0 saturated heterocycles. The van der Waals surface area contributed by atoms with Crippen LogP contribution in [0, 0.1) is 0 Å². The maximum atomic E-state index is 11.1. The van der Waals surface area contributed by atoms with Gasteiger partial charge in [-0.05, 0) is 12.1 Å². The Balaban J connectivity index is 2.88. The fourth-order valence-electron chi connectivity index (χ4n) is 1.31. The molecule has 1 aromatic carbocycles. The molecule has 0 spiro atoms. The van der Waals surface area contributed by atoms with Crippen molar-refractivity contribution in [2.75, 3.05) is 5.73 Å². The second kappa shape index (κ2) is 2.81. The third-order valence-electron chi connectivity index (χ3n) is 1.82. The quantitative estimate of drug-likeness (QED) is 0.600. The van der Waals surface area contributed by atoms with Crippen LogP contribution < -0.4 is 5.73 Å². The molecule has 0 bridgehead atoms. The molecule has 2 rings (SSSR count). The van der Waals surface area contributed by atoms with Gasteiger partial charge in [0.2, 0.25) is 5.95 Å². The smallest absolute Gasteiger partial charge is 0.369 e. The van der Waals surface area contributed by atoms with Crippen molar-refractivity contribution >= 4 is 24.7 Å². The molecule has 7 heteroatoms. The van der Waals surface area contributed by atoms with E-state index < -0.39 is 7.75 Å². The number of nitrogens with two attached hydrogens (primary N) is 1. The number of fused-ring (bicyclic) bond motifs is 1. The standard InChI is InChI=1S/C7H8N3O3P/c8-7-9-5-3-1-2-4-6(5)10(7)14(11,12)13/h1-4H,(H2,8,9)(H2,11,12,13). The van der Waals surface area contributed by atoms with Gasteiger partial charge in [-0.1, -0.05) is 12.1 Å². The summed E-state index contributed by atoms with van der Waals surface area (Å²) in [6, 6.07) is 6.57. The molecule has 0 aliphatic rings. The largest absolute Gasteiger partial charge is 0.437 e. The summed E-state index contributed by atoms with van der Waals surface area (Å²) in [4.78, 5) is 21.8. The Kier molecular flexibility index (Phi) is 1.85. The van der Waals surface area contributed by atoms with Crippen molar-refractivity contribution < 1.29 is 14.4 Å². The lowest BCUT2D eigenvalue weighted by Gasteiger charge is -2.06. The van der Waals surface area contributed by atoms with Crippen LogP contribution in [-0.2, 0) is 4.57 Å². The van der Waals surface area contributed by atoms with Crippen LogP contribution in [0.4, 0.5) is 5.95 Å². The number of para-hydroxylation sites is 2. The molecule has 14 heavy (non-hydrogen) atoms. The number of hydrogen-bond donors (Lipinski definition) is 3. The highest BCUT2D eigenvalue weighted by Gasteiger charge is 2.22. The van der Waals surface area contributed by atoms with E-state index in [-0.39, 0.29) is 5.95 Å². The minimum absolute atomic E-state index is 0.181. The summed E-state index contributed by atoms with van der Waals surface area (Å²) >= 11 is 0. The third kappa shape index (κ3) is 1.29. The Morgan fingerprint density at radius 3 is 2.64 bits per heavy atom. The minimum atomic E-state index is -4.42. The first kappa shape index (κ1) is 9.21. The lowest BCUT2D eigenvalue weighted by Crippen LogP contribution is -2.00. The average Bonchev–Trinajstić information content (AvgIpc) is 2.38. The number of nitrogens with zero attached hydrogens (tertiary/aromatic N) is 2. The summed E-state index contributed by atoms with van der Waals surface area (Å²) in [6.07, 6.45) is 0. The van der Waals surface area contributed by atoms with Crippen LogP contribution >= 0.6 is 7.75 Å². The van der Waals surface area contributed by atoms with Crippen LogP contribution in [0.25, 0.3) is 11.0 Å². The van der Waals surface area contributed by atoms with Crippen LogP contribution in [0.15, 0.2) is 24.3 Å². The maximum Gasteiger partial charge on any atom is 0.437 e. The zero-order chi connectivity index (χ0) is 10.3.